The number of aliphatic carboxylic acids is 1. The van der Waals surface area contributed by atoms with E-state index in [-0.39, 0.29) is 5.92 Å². The molecule has 2 unspecified atom stereocenters. The molecule has 2 atom stereocenters. The van der Waals surface area contributed by atoms with E-state index < -0.39 is 17.8 Å². The number of carboxylic acids is 1. The van der Waals surface area contributed by atoms with E-state index in [1.165, 1.54) is 6.92 Å². The van der Waals surface area contributed by atoms with Gasteiger partial charge in [-0.3, -0.25) is 0 Å². The summed E-state index contributed by atoms with van der Waals surface area (Å²) in [6, 6.07) is 0. The first-order valence-electron chi connectivity index (χ1n) is 4.01. The zero-order valence-electron chi connectivity index (χ0n) is 8.48. The van der Waals surface area contributed by atoms with Crippen LogP contribution in [0.1, 0.15) is 27.7 Å². The van der Waals surface area contributed by atoms with Crippen LogP contribution in [0.2, 0.25) is 0 Å². The summed E-state index contributed by atoms with van der Waals surface area (Å²) in [6.07, 6.45) is -1.23. The molecule has 0 radical (unpaired) electrons. The molecule has 0 bridgehead atoms. The molecule has 0 aromatic carbocycles. The second kappa shape index (κ2) is 5.90. The molecule has 0 aliphatic heterocycles. The van der Waals surface area contributed by atoms with Crippen molar-refractivity contribution in [3.63, 3.8) is 0 Å². The van der Waals surface area contributed by atoms with Gasteiger partial charge in [0, 0.05) is 0 Å². The smallest absolute Gasteiger partial charge is 0.332 e. The summed E-state index contributed by atoms with van der Waals surface area (Å²) in [7, 11) is 0. The van der Waals surface area contributed by atoms with E-state index in [0.717, 1.165) is 0 Å². The predicted molar refractivity (Wildman–Crippen MR) is 49.0 cm³/mol. The number of aliphatic hydroxyl groups excluding tert-OH is 1. The van der Waals surface area contributed by atoms with Crippen molar-refractivity contribution in [2.45, 2.75) is 39.5 Å². The summed E-state index contributed by atoms with van der Waals surface area (Å²) < 4.78 is 0. The Hall–Kier alpha value is -0.650. The van der Waals surface area contributed by atoms with Crippen LogP contribution in [0.4, 0.5) is 0 Å². The molecule has 0 aliphatic carbocycles. The van der Waals surface area contributed by atoms with Crippen LogP contribution in [0.25, 0.3) is 0 Å². The molecular weight excluding hydrogens is 174 g/mol. The maximum Gasteiger partial charge on any atom is 0.332 e. The second-order valence-corrected chi connectivity index (χ2v) is 3.39. The molecule has 0 saturated heterocycles. The lowest BCUT2D eigenvalue weighted by atomic mass is 10.0. The van der Waals surface area contributed by atoms with Crippen LogP contribution in [0, 0.1) is 5.92 Å². The maximum absolute atomic E-state index is 9.45. The molecule has 0 amide bonds. The van der Waals surface area contributed by atoms with E-state index in [2.05, 4.69) is 0 Å². The summed E-state index contributed by atoms with van der Waals surface area (Å²) in [6.45, 7) is 6.54. The highest BCUT2D eigenvalue weighted by atomic mass is 16.4. The van der Waals surface area contributed by atoms with Gasteiger partial charge in [-0.2, -0.15) is 0 Å². The van der Waals surface area contributed by atoms with Crippen LogP contribution in [0.5, 0.6) is 0 Å². The normalized spacial score (nSPS) is 16.9. The zero-order chi connectivity index (χ0) is 11.2. The molecule has 0 fully saturated rings. The summed E-state index contributed by atoms with van der Waals surface area (Å²) in [5.41, 5.74) is 4.23. The van der Waals surface area contributed by atoms with Crippen LogP contribution >= 0.6 is 0 Å². The lowest BCUT2D eigenvalue weighted by Crippen LogP contribution is -2.41. The summed E-state index contributed by atoms with van der Waals surface area (Å²) in [5.74, 6) is -1.05. The second-order valence-electron chi connectivity index (χ2n) is 3.39. The van der Waals surface area contributed by atoms with E-state index in [4.69, 9.17) is 21.1 Å². The third kappa shape index (κ3) is 11.3. The van der Waals surface area contributed by atoms with E-state index in [0.29, 0.717) is 0 Å². The number of hydrogen-bond acceptors (Lipinski definition) is 4. The zero-order valence-corrected chi connectivity index (χ0v) is 8.48. The molecule has 80 valence electrons. The van der Waals surface area contributed by atoms with E-state index in [1.54, 1.807) is 6.92 Å². The van der Waals surface area contributed by atoms with Gasteiger partial charge < -0.3 is 21.1 Å². The fourth-order valence-electron chi connectivity index (χ4n) is 0. The molecule has 0 aromatic rings. The topological polar surface area (TPSA) is 104 Å². The van der Waals surface area contributed by atoms with Crippen molar-refractivity contribution in [3.05, 3.63) is 0 Å². The first-order valence-corrected chi connectivity index (χ1v) is 4.01. The van der Waals surface area contributed by atoms with Crippen LogP contribution in [0.3, 0.4) is 0 Å². The first kappa shape index (κ1) is 14.9. The van der Waals surface area contributed by atoms with Gasteiger partial charge in [-0.25, -0.2) is 4.79 Å². The van der Waals surface area contributed by atoms with Crippen LogP contribution < -0.4 is 5.73 Å². The van der Waals surface area contributed by atoms with Crippen molar-refractivity contribution in [3.8, 4) is 0 Å². The van der Waals surface area contributed by atoms with Crippen molar-refractivity contribution in [1.82, 2.24) is 0 Å². The third-order valence-electron chi connectivity index (χ3n) is 1.53. The largest absolute Gasteiger partial charge is 0.479 e. The maximum atomic E-state index is 9.45. The van der Waals surface area contributed by atoms with Gasteiger partial charge in [0.15, 0.2) is 0 Å². The van der Waals surface area contributed by atoms with Crippen LogP contribution in [-0.2, 0) is 4.79 Å². The number of nitrogens with two attached hydrogens (primary N) is 1. The summed E-state index contributed by atoms with van der Waals surface area (Å²) in [4.78, 5) is 9.45. The highest BCUT2D eigenvalue weighted by Gasteiger charge is 2.16. The quantitative estimate of drug-likeness (QED) is 0.453. The highest BCUT2D eigenvalue weighted by molar-refractivity contribution is 5.71. The number of rotatable bonds is 2. The average Bonchev–Trinajstić information content (AvgIpc) is 1.86. The molecule has 0 saturated carbocycles. The fourth-order valence-corrected chi connectivity index (χ4v) is 0. The molecule has 0 rings (SSSR count). The number of carboxylic acid groups (broad SMARTS) is 1. The van der Waals surface area contributed by atoms with E-state index >= 15 is 0 Å². The standard InChI is InChI=1S/C5H13NO.C3H6O3/c1-4(2)5(3,6)7;1-2(4)3(5)6/h4,7H,6H2,1-3H3;2,4H,1H3,(H,5,6). The van der Waals surface area contributed by atoms with Crippen molar-refractivity contribution in [2.75, 3.05) is 0 Å². The number of aliphatic hydroxyl groups is 2. The van der Waals surface area contributed by atoms with Crippen LogP contribution in [0.15, 0.2) is 0 Å². The minimum absolute atomic E-state index is 0.132. The van der Waals surface area contributed by atoms with E-state index in [1.807, 2.05) is 13.8 Å². The molecule has 5 nitrogen and oxygen atoms in total. The molecular formula is C8H19NO4. The first-order chi connectivity index (χ1) is 5.59. The van der Waals surface area contributed by atoms with Gasteiger partial charge in [0.25, 0.3) is 0 Å². The average molecular weight is 193 g/mol. The van der Waals surface area contributed by atoms with Crippen molar-refractivity contribution < 1.29 is 20.1 Å². The Morgan fingerprint density at radius 1 is 1.38 bits per heavy atom. The Balaban J connectivity index is 0. The van der Waals surface area contributed by atoms with Gasteiger partial charge in [0.1, 0.15) is 11.8 Å². The molecule has 0 aliphatic rings. The van der Waals surface area contributed by atoms with Crippen molar-refractivity contribution >= 4 is 5.97 Å². The molecule has 5 heteroatoms. The monoisotopic (exact) mass is 193 g/mol. The Kier molecular flexibility index (Phi) is 6.75. The van der Waals surface area contributed by atoms with Gasteiger partial charge in [0.05, 0.1) is 0 Å². The minimum atomic E-state index is -1.23. The van der Waals surface area contributed by atoms with Gasteiger partial charge in [-0.15, -0.1) is 0 Å². The van der Waals surface area contributed by atoms with Gasteiger partial charge in [-0.05, 0) is 19.8 Å². The molecule has 0 heterocycles. The molecule has 5 N–H and O–H groups in total. The lowest BCUT2D eigenvalue weighted by molar-refractivity contribution is -0.145. The van der Waals surface area contributed by atoms with E-state index in [9.17, 15) is 4.79 Å². The number of carbonyl (C=O) groups is 1. The summed E-state index contributed by atoms with van der Waals surface area (Å²) in [5, 5.41) is 24.6. The Morgan fingerprint density at radius 3 is 1.54 bits per heavy atom. The number of hydrogen-bond donors (Lipinski definition) is 4. The van der Waals surface area contributed by atoms with Gasteiger partial charge >= 0.3 is 5.97 Å². The van der Waals surface area contributed by atoms with Gasteiger partial charge in [0.2, 0.25) is 0 Å². The Bertz CT molecular complexity index is 149. The minimum Gasteiger partial charge on any atom is -0.479 e. The predicted octanol–water partition coefficient (Wildman–Crippen LogP) is -0.239. The van der Waals surface area contributed by atoms with Crippen molar-refractivity contribution in [1.29, 1.82) is 0 Å². The van der Waals surface area contributed by atoms with Crippen molar-refractivity contribution in [2.24, 2.45) is 11.7 Å². The Morgan fingerprint density at radius 2 is 1.54 bits per heavy atom. The van der Waals surface area contributed by atoms with Gasteiger partial charge in [-0.1, -0.05) is 13.8 Å². The highest BCUT2D eigenvalue weighted by Crippen LogP contribution is 2.06. The molecule has 0 spiro atoms. The lowest BCUT2D eigenvalue weighted by Gasteiger charge is -2.20. The van der Waals surface area contributed by atoms with Crippen LogP contribution in [-0.4, -0.2) is 33.1 Å². The fraction of sp³-hybridized carbons (Fsp3) is 0.875. The summed E-state index contributed by atoms with van der Waals surface area (Å²) >= 11 is 0. The molecule has 0 aromatic heterocycles. The third-order valence-corrected chi connectivity index (χ3v) is 1.53. The Labute approximate surface area is 78.2 Å². The SMILES string of the molecule is CC(C)C(C)(N)O.CC(O)C(=O)O. The molecule has 13 heavy (non-hydrogen) atoms.